The lowest BCUT2D eigenvalue weighted by Crippen LogP contribution is -2.24. The van der Waals surface area contributed by atoms with E-state index in [4.69, 9.17) is 5.73 Å². The fraction of sp³-hybridized carbons (Fsp3) is 0.462. The number of benzene rings is 1. The van der Waals surface area contributed by atoms with Crippen molar-refractivity contribution in [2.75, 3.05) is 5.32 Å². The summed E-state index contributed by atoms with van der Waals surface area (Å²) in [6, 6.07) is 7.79. The molecule has 0 aromatic heterocycles. The second-order valence-electron chi connectivity index (χ2n) is 4.60. The van der Waals surface area contributed by atoms with Crippen LogP contribution in [0.25, 0.3) is 0 Å². The third kappa shape index (κ3) is 4.13. The van der Waals surface area contributed by atoms with E-state index in [0.717, 1.165) is 16.6 Å². The highest BCUT2D eigenvalue weighted by Crippen LogP contribution is 2.33. The van der Waals surface area contributed by atoms with Crippen LogP contribution in [0.3, 0.4) is 0 Å². The molecule has 0 spiro atoms. The van der Waals surface area contributed by atoms with Crippen LogP contribution in [0, 0.1) is 5.92 Å². The van der Waals surface area contributed by atoms with Crippen molar-refractivity contribution >= 4 is 27.5 Å². The lowest BCUT2D eigenvalue weighted by molar-refractivity contribution is -0.116. The summed E-state index contributed by atoms with van der Waals surface area (Å²) in [7, 11) is 0. The first-order valence-electron chi connectivity index (χ1n) is 5.96. The lowest BCUT2D eigenvalue weighted by Gasteiger charge is -2.10. The molecule has 0 unspecified atom stereocenters. The fourth-order valence-electron chi connectivity index (χ4n) is 1.85. The molecule has 17 heavy (non-hydrogen) atoms. The largest absolute Gasteiger partial charge is 0.327 e. The topological polar surface area (TPSA) is 55.1 Å². The maximum absolute atomic E-state index is 11.7. The molecule has 1 fully saturated rings. The van der Waals surface area contributed by atoms with Gasteiger partial charge < -0.3 is 11.1 Å². The highest BCUT2D eigenvalue weighted by molar-refractivity contribution is 9.10. The summed E-state index contributed by atoms with van der Waals surface area (Å²) in [4.78, 5) is 11.7. The highest BCUT2D eigenvalue weighted by Gasteiger charge is 2.28. The normalized spacial score (nSPS) is 16.6. The number of hydrogen-bond acceptors (Lipinski definition) is 2. The van der Waals surface area contributed by atoms with Gasteiger partial charge in [-0.2, -0.15) is 0 Å². The molecule has 1 amide bonds. The summed E-state index contributed by atoms with van der Waals surface area (Å²) in [6.07, 6.45) is 3.75. The van der Waals surface area contributed by atoms with Gasteiger partial charge in [-0.25, -0.2) is 0 Å². The third-order valence-corrected chi connectivity index (χ3v) is 3.53. The maximum atomic E-state index is 11.7. The predicted molar refractivity (Wildman–Crippen MR) is 72.7 cm³/mol. The van der Waals surface area contributed by atoms with Gasteiger partial charge in [0.05, 0.1) is 0 Å². The van der Waals surface area contributed by atoms with Crippen molar-refractivity contribution in [2.24, 2.45) is 11.7 Å². The first kappa shape index (κ1) is 12.6. The van der Waals surface area contributed by atoms with Crippen LogP contribution in [-0.4, -0.2) is 11.9 Å². The number of carbonyl (C=O) groups excluding carboxylic acids is 1. The highest BCUT2D eigenvalue weighted by atomic mass is 79.9. The van der Waals surface area contributed by atoms with E-state index in [9.17, 15) is 4.79 Å². The predicted octanol–water partition coefficient (Wildman–Crippen LogP) is 2.91. The van der Waals surface area contributed by atoms with Gasteiger partial charge in [0.15, 0.2) is 0 Å². The summed E-state index contributed by atoms with van der Waals surface area (Å²) in [5, 5.41) is 2.87. The van der Waals surface area contributed by atoms with Crippen molar-refractivity contribution < 1.29 is 4.79 Å². The monoisotopic (exact) mass is 296 g/mol. The molecule has 1 aliphatic rings. The van der Waals surface area contributed by atoms with Crippen LogP contribution >= 0.6 is 15.9 Å². The molecule has 2 rings (SSSR count). The van der Waals surface area contributed by atoms with Crippen molar-refractivity contribution in [1.82, 2.24) is 0 Å². The van der Waals surface area contributed by atoms with E-state index in [1.165, 1.54) is 12.8 Å². The summed E-state index contributed by atoms with van der Waals surface area (Å²) in [5.74, 6) is 0.702. The summed E-state index contributed by atoms with van der Waals surface area (Å²) in [5.41, 5.74) is 6.78. The Morgan fingerprint density at radius 1 is 1.53 bits per heavy atom. The van der Waals surface area contributed by atoms with E-state index < -0.39 is 0 Å². The van der Waals surface area contributed by atoms with Gasteiger partial charge in [0.25, 0.3) is 0 Å². The van der Waals surface area contributed by atoms with Gasteiger partial charge in [0.1, 0.15) is 0 Å². The quantitative estimate of drug-likeness (QED) is 0.878. The van der Waals surface area contributed by atoms with Gasteiger partial charge in [-0.15, -0.1) is 0 Å². The summed E-state index contributed by atoms with van der Waals surface area (Å²) >= 11 is 3.37. The smallest absolute Gasteiger partial charge is 0.224 e. The van der Waals surface area contributed by atoms with Crippen molar-refractivity contribution in [3.05, 3.63) is 28.7 Å². The van der Waals surface area contributed by atoms with Crippen LogP contribution in [0.5, 0.6) is 0 Å². The molecular weight excluding hydrogens is 280 g/mol. The Labute approximate surface area is 110 Å². The van der Waals surface area contributed by atoms with Crippen molar-refractivity contribution in [1.29, 1.82) is 0 Å². The Balaban J connectivity index is 1.76. The molecule has 1 aromatic carbocycles. The molecule has 4 heteroatoms. The molecule has 92 valence electrons. The molecule has 0 radical (unpaired) electrons. The van der Waals surface area contributed by atoms with Crippen LogP contribution in [0.15, 0.2) is 28.7 Å². The average Bonchev–Trinajstić information content (AvgIpc) is 3.09. The molecule has 3 N–H and O–H groups in total. The number of rotatable bonds is 5. The molecule has 3 nitrogen and oxygen atoms in total. The molecule has 0 saturated heterocycles. The van der Waals surface area contributed by atoms with Gasteiger partial charge in [-0.05, 0) is 43.4 Å². The van der Waals surface area contributed by atoms with E-state index in [1.54, 1.807) is 0 Å². The molecule has 0 bridgehead atoms. The van der Waals surface area contributed by atoms with Crippen LogP contribution in [0.2, 0.25) is 0 Å². The molecule has 0 heterocycles. The molecule has 1 saturated carbocycles. The van der Waals surface area contributed by atoms with Crippen LogP contribution < -0.4 is 11.1 Å². The van der Waals surface area contributed by atoms with E-state index in [0.29, 0.717) is 12.3 Å². The zero-order valence-corrected chi connectivity index (χ0v) is 11.2. The van der Waals surface area contributed by atoms with Crippen LogP contribution in [0.1, 0.15) is 25.7 Å². The first-order chi connectivity index (χ1) is 8.15. The zero-order chi connectivity index (χ0) is 12.3. The van der Waals surface area contributed by atoms with Crippen molar-refractivity contribution in [3.63, 3.8) is 0 Å². The zero-order valence-electron chi connectivity index (χ0n) is 9.66. The van der Waals surface area contributed by atoms with Crippen molar-refractivity contribution in [2.45, 2.75) is 31.7 Å². The Hall–Kier alpha value is -0.870. The number of hydrogen-bond donors (Lipinski definition) is 2. The second-order valence-corrected chi connectivity index (χ2v) is 5.51. The Morgan fingerprint density at radius 2 is 2.29 bits per heavy atom. The summed E-state index contributed by atoms with van der Waals surface area (Å²) < 4.78 is 0.963. The molecule has 1 aliphatic carbocycles. The molecule has 1 aromatic rings. The van der Waals surface area contributed by atoms with E-state index >= 15 is 0 Å². The number of halogens is 1. The number of nitrogens with one attached hydrogen (secondary N) is 1. The minimum atomic E-state index is 0.0409. The van der Waals surface area contributed by atoms with E-state index in [2.05, 4.69) is 21.2 Å². The van der Waals surface area contributed by atoms with Gasteiger partial charge in [0, 0.05) is 22.6 Å². The SMILES string of the molecule is N[C@@H](CCC(=O)Nc1cccc(Br)c1)C1CC1. The minimum absolute atomic E-state index is 0.0409. The second kappa shape index (κ2) is 5.65. The van der Waals surface area contributed by atoms with Crippen LogP contribution in [0.4, 0.5) is 5.69 Å². The first-order valence-corrected chi connectivity index (χ1v) is 6.75. The van der Waals surface area contributed by atoms with Gasteiger partial charge >= 0.3 is 0 Å². The number of amides is 1. The van der Waals surface area contributed by atoms with Gasteiger partial charge in [-0.1, -0.05) is 22.0 Å². The van der Waals surface area contributed by atoms with Crippen LogP contribution in [-0.2, 0) is 4.79 Å². The maximum Gasteiger partial charge on any atom is 0.224 e. The van der Waals surface area contributed by atoms with E-state index in [-0.39, 0.29) is 11.9 Å². The average molecular weight is 297 g/mol. The molecule has 0 aliphatic heterocycles. The Bertz CT molecular complexity index is 404. The van der Waals surface area contributed by atoms with E-state index in [1.807, 2.05) is 24.3 Å². The number of anilines is 1. The van der Waals surface area contributed by atoms with Gasteiger partial charge in [0.2, 0.25) is 5.91 Å². The van der Waals surface area contributed by atoms with Gasteiger partial charge in [-0.3, -0.25) is 4.79 Å². The lowest BCUT2D eigenvalue weighted by atomic mass is 10.1. The minimum Gasteiger partial charge on any atom is -0.327 e. The number of nitrogens with two attached hydrogens (primary N) is 1. The molecular formula is C13H17BrN2O. The summed E-state index contributed by atoms with van der Waals surface area (Å²) in [6.45, 7) is 0. The molecule has 1 atom stereocenters. The Morgan fingerprint density at radius 3 is 2.94 bits per heavy atom. The third-order valence-electron chi connectivity index (χ3n) is 3.04. The fourth-order valence-corrected chi connectivity index (χ4v) is 2.25. The number of carbonyl (C=O) groups is 1. The Kier molecular flexibility index (Phi) is 4.18. The van der Waals surface area contributed by atoms with Crippen molar-refractivity contribution in [3.8, 4) is 0 Å². The standard InChI is InChI=1S/C13H17BrN2O/c14-10-2-1-3-11(8-10)16-13(17)7-6-12(15)9-4-5-9/h1-3,8-9,12H,4-7,15H2,(H,16,17)/t12-/m0/s1.